The van der Waals surface area contributed by atoms with Crippen molar-refractivity contribution in [3.63, 3.8) is 0 Å². The van der Waals surface area contributed by atoms with Gasteiger partial charge >= 0.3 is 6.09 Å². The van der Waals surface area contributed by atoms with Crippen LogP contribution in [0.25, 0.3) is 0 Å². The summed E-state index contributed by atoms with van der Waals surface area (Å²) in [6, 6.07) is 5.27. The lowest BCUT2D eigenvalue weighted by molar-refractivity contribution is -0.143. The first-order chi connectivity index (χ1) is 19.2. The number of amides is 4. The third-order valence-corrected chi connectivity index (χ3v) is 7.32. The number of hydrogen-bond donors (Lipinski definition) is 3. The molecule has 1 aliphatic carbocycles. The third kappa shape index (κ3) is 7.92. The normalized spacial score (nSPS) is 18.0. The minimum atomic E-state index is -0.996. The summed E-state index contributed by atoms with van der Waals surface area (Å²) in [7, 11) is 0. The van der Waals surface area contributed by atoms with E-state index in [-0.39, 0.29) is 30.9 Å². The standard InChI is InChI=1S/C30H42N4O6/c1-5-10-23(26(35)28(37)31-14-6-2)32-27(36)24-13-9-15-34(24)29(38)25(33-30(39)40-18-19(3)4)22-16-20-11-7-8-12-21(20)17-22/h6-8,11-12,19,22-25H,2,5,9-10,13-18H2,1,3-4H3,(H,31,37)(H,32,36)(H,33,39)/t23?,24-,25-/m0/s1. The molecule has 1 aromatic rings. The van der Waals surface area contributed by atoms with E-state index >= 15 is 0 Å². The zero-order valence-electron chi connectivity index (χ0n) is 23.7. The van der Waals surface area contributed by atoms with E-state index in [4.69, 9.17) is 4.74 Å². The van der Waals surface area contributed by atoms with Crippen LogP contribution in [0.5, 0.6) is 0 Å². The van der Waals surface area contributed by atoms with E-state index in [1.165, 1.54) is 11.0 Å². The quantitative estimate of drug-likeness (QED) is 0.253. The fraction of sp³-hybridized carbons (Fsp3) is 0.567. The topological polar surface area (TPSA) is 134 Å². The number of carbonyl (C=O) groups excluding carboxylic acids is 5. The van der Waals surface area contributed by atoms with E-state index in [1.807, 2.05) is 45.0 Å². The van der Waals surface area contributed by atoms with Gasteiger partial charge in [-0.2, -0.15) is 0 Å². The van der Waals surface area contributed by atoms with Crippen LogP contribution in [0.4, 0.5) is 4.79 Å². The molecular formula is C30H42N4O6. The first-order valence-electron chi connectivity index (χ1n) is 14.2. The average Bonchev–Trinajstić information content (AvgIpc) is 3.60. The summed E-state index contributed by atoms with van der Waals surface area (Å²) in [5.74, 6) is -2.40. The highest BCUT2D eigenvalue weighted by molar-refractivity contribution is 6.38. The van der Waals surface area contributed by atoms with Crippen LogP contribution in [-0.2, 0) is 36.8 Å². The van der Waals surface area contributed by atoms with Crippen LogP contribution in [0.1, 0.15) is 57.6 Å². The van der Waals surface area contributed by atoms with Crippen molar-refractivity contribution in [1.82, 2.24) is 20.9 Å². The predicted octanol–water partition coefficient (Wildman–Crippen LogP) is 2.30. The largest absolute Gasteiger partial charge is 0.449 e. The van der Waals surface area contributed by atoms with Gasteiger partial charge in [-0.15, -0.1) is 6.58 Å². The molecule has 0 bridgehead atoms. The smallest absolute Gasteiger partial charge is 0.407 e. The molecule has 10 nitrogen and oxygen atoms in total. The third-order valence-electron chi connectivity index (χ3n) is 7.32. The second-order valence-corrected chi connectivity index (χ2v) is 11.0. The van der Waals surface area contributed by atoms with Crippen molar-refractivity contribution in [2.24, 2.45) is 11.8 Å². The highest BCUT2D eigenvalue weighted by Crippen LogP contribution is 2.31. The Morgan fingerprint density at radius 1 is 1.10 bits per heavy atom. The molecule has 0 radical (unpaired) electrons. The summed E-state index contributed by atoms with van der Waals surface area (Å²) in [6.07, 6.45) is 3.93. The van der Waals surface area contributed by atoms with Gasteiger partial charge in [0.05, 0.1) is 12.6 Å². The number of rotatable bonds is 13. The number of fused-ring (bicyclic) bond motifs is 1. The molecule has 1 heterocycles. The fourth-order valence-electron chi connectivity index (χ4n) is 5.34. The molecule has 1 saturated heterocycles. The molecule has 218 valence electrons. The van der Waals surface area contributed by atoms with Crippen molar-refractivity contribution in [3.8, 4) is 0 Å². The van der Waals surface area contributed by atoms with Gasteiger partial charge in [-0.05, 0) is 55.1 Å². The van der Waals surface area contributed by atoms with E-state index in [2.05, 4.69) is 22.5 Å². The Hall–Kier alpha value is -3.69. The lowest BCUT2D eigenvalue weighted by Crippen LogP contribution is -2.58. The summed E-state index contributed by atoms with van der Waals surface area (Å²) in [6.45, 7) is 9.94. The van der Waals surface area contributed by atoms with Crippen LogP contribution in [0.2, 0.25) is 0 Å². The van der Waals surface area contributed by atoms with Crippen molar-refractivity contribution in [3.05, 3.63) is 48.0 Å². The molecule has 1 fully saturated rings. The Bertz CT molecular complexity index is 1080. The first kappa shape index (κ1) is 30.8. The van der Waals surface area contributed by atoms with Crippen molar-refractivity contribution in [1.29, 1.82) is 0 Å². The summed E-state index contributed by atoms with van der Waals surface area (Å²) in [5.41, 5.74) is 2.27. The number of ketones is 1. The molecule has 3 atom stereocenters. The highest BCUT2D eigenvalue weighted by atomic mass is 16.5. The van der Waals surface area contributed by atoms with Gasteiger partial charge in [-0.25, -0.2) is 4.79 Å². The second kappa shape index (κ2) is 14.6. The predicted molar refractivity (Wildman–Crippen MR) is 150 cm³/mol. The first-order valence-corrected chi connectivity index (χ1v) is 14.2. The summed E-state index contributed by atoms with van der Waals surface area (Å²) >= 11 is 0. The molecule has 0 spiro atoms. The van der Waals surface area contributed by atoms with Gasteiger partial charge < -0.3 is 25.6 Å². The Labute approximate surface area is 236 Å². The van der Waals surface area contributed by atoms with Crippen LogP contribution in [0, 0.1) is 11.8 Å². The van der Waals surface area contributed by atoms with Crippen LogP contribution in [0.3, 0.4) is 0 Å². The van der Waals surface area contributed by atoms with Gasteiger partial charge in [0, 0.05) is 13.1 Å². The van der Waals surface area contributed by atoms with Crippen molar-refractivity contribution >= 4 is 29.6 Å². The maximum absolute atomic E-state index is 14.0. The molecule has 2 aliphatic rings. The maximum atomic E-state index is 14.0. The van der Waals surface area contributed by atoms with Gasteiger partial charge in [0.1, 0.15) is 12.1 Å². The van der Waals surface area contributed by atoms with Crippen LogP contribution in [-0.4, -0.2) is 72.3 Å². The molecule has 1 aliphatic heterocycles. The molecule has 3 rings (SSSR count). The number of alkyl carbamates (subject to hydrolysis) is 1. The Morgan fingerprint density at radius 3 is 2.38 bits per heavy atom. The van der Waals surface area contributed by atoms with Gasteiger partial charge in [-0.1, -0.05) is 57.5 Å². The molecule has 10 heteroatoms. The number of likely N-dealkylation sites (tertiary alicyclic amines) is 1. The number of nitrogens with zero attached hydrogens (tertiary/aromatic N) is 1. The summed E-state index contributed by atoms with van der Waals surface area (Å²) in [4.78, 5) is 66.5. The number of carbonyl (C=O) groups is 5. The van der Waals surface area contributed by atoms with Crippen molar-refractivity contribution in [2.45, 2.75) is 77.4 Å². The van der Waals surface area contributed by atoms with Crippen LogP contribution in [0.15, 0.2) is 36.9 Å². The molecule has 4 amide bonds. The number of Topliss-reactive ketones (excluding diaryl/α,β-unsaturated/α-hetero) is 1. The zero-order chi connectivity index (χ0) is 29.2. The SMILES string of the molecule is C=CCNC(=O)C(=O)C(CCC)NC(=O)[C@@H]1CCCN1C(=O)[C@@H](NC(=O)OCC(C)C)C1Cc2ccccc2C1. The lowest BCUT2D eigenvalue weighted by atomic mass is 9.95. The zero-order valence-corrected chi connectivity index (χ0v) is 23.7. The van der Waals surface area contributed by atoms with Gasteiger partial charge in [-0.3, -0.25) is 19.2 Å². The number of benzene rings is 1. The molecular weight excluding hydrogens is 512 g/mol. The highest BCUT2D eigenvalue weighted by Gasteiger charge is 2.43. The maximum Gasteiger partial charge on any atom is 0.407 e. The average molecular weight is 555 g/mol. The molecule has 0 aromatic heterocycles. The van der Waals surface area contributed by atoms with Gasteiger partial charge in [0.25, 0.3) is 5.91 Å². The van der Waals surface area contributed by atoms with Crippen LogP contribution < -0.4 is 16.0 Å². The lowest BCUT2D eigenvalue weighted by Gasteiger charge is -2.32. The molecule has 40 heavy (non-hydrogen) atoms. The fourth-order valence-corrected chi connectivity index (χ4v) is 5.34. The summed E-state index contributed by atoms with van der Waals surface area (Å²) in [5, 5.41) is 7.97. The molecule has 3 N–H and O–H groups in total. The Balaban J connectivity index is 1.76. The molecule has 0 saturated carbocycles. The number of ether oxygens (including phenoxy) is 1. The Kier molecular flexibility index (Phi) is 11.3. The van der Waals surface area contributed by atoms with Gasteiger partial charge in [0.15, 0.2) is 0 Å². The van der Waals surface area contributed by atoms with E-state index in [0.717, 1.165) is 11.1 Å². The van der Waals surface area contributed by atoms with Crippen molar-refractivity contribution in [2.75, 3.05) is 19.7 Å². The second-order valence-electron chi connectivity index (χ2n) is 11.0. The Morgan fingerprint density at radius 2 is 1.77 bits per heavy atom. The minimum Gasteiger partial charge on any atom is -0.449 e. The van der Waals surface area contributed by atoms with E-state index in [1.54, 1.807) is 0 Å². The molecule has 1 aromatic carbocycles. The minimum absolute atomic E-state index is 0.139. The van der Waals surface area contributed by atoms with E-state index < -0.39 is 41.8 Å². The van der Waals surface area contributed by atoms with Crippen LogP contribution >= 0.6 is 0 Å². The van der Waals surface area contributed by atoms with E-state index in [0.29, 0.717) is 45.1 Å². The van der Waals surface area contributed by atoms with Crippen molar-refractivity contribution < 1.29 is 28.7 Å². The number of hydrogen-bond acceptors (Lipinski definition) is 6. The molecule has 1 unspecified atom stereocenters. The van der Waals surface area contributed by atoms with E-state index in [9.17, 15) is 24.0 Å². The monoisotopic (exact) mass is 554 g/mol. The van der Waals surface area contributed by atoms with Gasteiger partial charge in [0.2, 0.25) is 17.6 Å². The summed E-state index contributed by atoms with van der Waals surface area (Å²) < 4.78 is 5.33. The number of nitrogens with one attached hydrogen (secondary N) is 3.